The molecule has 0 saturated carbocycles. The predicted octanol–water partition coefficient (Wildman–Crippen LogP) is 0.474. The molecule has 26 heteroatoms. The Kier molecular flexibility index (Phi) is 19.1. The monoisotopic (exact) mass is 1030 g/mol. The standard InChI is InChI=1S/C25H28FN5O7.C23H24FN5O7/c1-3-37-19(32)13-30(2)24(35)15-10-16(26)12-18(11-15)31-8-9-38-21(25(31)36)20(33)23(34)29-17-6-4-14(5-7-17)22(27)28;1-28(11-17(30)31)22(34)13-8-14(24)10-16(9-13)29-6-7-36-19(23(29)35)18(32)21(33)27-15-4-2-12(3-5-15)20(25)26/h4-7,10-12,20-21,33H,3,8-9,13H2,1-2H3,(H3,27,28)(H,29,34);2-5,8-10,18-19,32H,6-7,11H2,1H3,(H3,25,26)(H,27,33)(H,30,31)/t20-,21-;18-,19-/m11/s1. The zero-order valence-corrected chi connectivity index (χ0v) is 39.9. The molecule has 2 saturated heterocycles. The number of carboxylic acids is 1. The van der Waals surface area contributed by atoms with Crippen LogP contribution in [-0.2, 0) is 43.0 Å². The van der Waals surface area contributed by atoms with Gasteiger partial charge in [0.1, 0.15) is 36.4 Å². The number of carboxylic acid groups (broad SMARTS) is 1. The third-order valence-corrected chi connectivity index (χ3v) is 10.9. The van der Waals surface area contributed by atoms with Gasteiger partial charge in [-0.25, -0.2) is 8.78 Å². The highest BCUT2D eigenvalue weighted by atomic mass is 19.1. The number of likely N-dealkylation sites (N-methyl/N-ethyl adjacent to an activating group) is 2. The molecule has 2 fully saturated rings. The van der Waals surface area contributed by atoms with E-state index >= 15 is 0 Å². The molecule has 0 aromatic heterocycles. The fourth-order valence-electron chi connectivity index (χ4n) is 7.25. The van der Waals surface area contributed by atoms with E-state index in [0.29, 0.717) is 16.8 Å². The minimum atomic E-state index is -1.91. The lowest BCUT2D eigenvalue weighted by atomic mass is 10.1. The van der Waals surface area contributed by atoms with Crippen LogP contribution in [0, 0.1) is 22.5 Å². The summed E-state index contributed by atoms with van der Waals surface area (Å²) < 4.78 is 44.3. The van der Waals surface area contributed by atoms with Gasteiger partial charge in [-0.1, -0.05) is 0 Å². The number of amides is 6. The van der Waals surface area contributed by atoms with E-state index < -0.39 is 90.0 Å². The van der Waals surface area contributed by atoms with Gasteiger partial charge in [0.25, 0.3) is 35.4 Å². The van der Waals surface area contributed by atoms with Crippen LogP contribution in [0.4, 0.5) is 31.5 Å². The van der Waals surface area contributed by atoms with E-state index in [1.54, 1.807) is 6.92 Å². The molecule has 0 spiro atoms. The van der Waals surface area contributed by atoms with E-state index in [9.17, 15) is 57.4 Å². The number of nitrogens with zero attached hydrogens (tertiary/aromatic N) is 4. The first kappa shape index (κ1) is 56.2. The molecule has 6 amide bonds. The van der Waals surface area contributed by atoms with Crippen LogP contribution in [0.3, 0.4) is 0 Å². The molecule has 6 rings (SSSR count). The topological polar surface area (TPSA) is 362 Å². The minimum Gasteiger partial charge on any atom is -0.480 e. The van der Waals surface area contributed by atoms with Crippen LogP contribution in [-0.4, -0.2) is 169 Å². The van der Waals surface area contributed by atoms with Crippen LogP contribution in [0.5, 0.6) is 0 Å². The van der Waals surface area contributed by atoms with Gasteiger partial charge < -0.3 is 71.2 Å². The zero-order chi connectivity index (χ0) is 54.6. The first-order valence-corrected chi connectivity index (χ1v) is 22.2. The summed E-state index contributed by atoms with van der Waals surface area (Å²) in [6.45, 7) is 0.575. The van der Waals surface area contributed by atoms with Gasteiger partial charge in [-0.2, -0.15) is 0 Å². The van der Waals surface area contributed by atoms with Gasteiger partial charge in [-0.05, 0) is 91.9 Å². The largest absolute Gasteiger partial charge is 0.480 e. The molecular weight excluding hydrogens is 979 g/mol. The quantitative estimate of drug-likeness (QED) is 0.0394. The van der Waals surface area contributed by atoms with E-state index in [4.69, 9.17) is 41.6 Å². The zero-order valence-electron chi connectivity index (χ0n) is 39.9. The van der Waals surface area contributed by atoms with Crippen molar-refractivity contribution in [1.82, 2.24) is 9.80 Å². The van der Waals surface area contributed by atoms with Crippen molar-refractivity contribution < 1.29 is 76.7 Å². The summed E-state index contributed by atoms with van der Waals surface area (Å²) >= 11 is 0. The molecule has 392 valence electrons. The van der Waals surface area contributed by atoms with Crippen LogP contribution >= 0.6 is 0 Å². The van der Waals surface area contributed by atoms with Gasteiger partial charge in [-0.15, -0.1) is 0 Å². The molecule has 2 aliphatic heterocycles. The van der Waals surface area contributed by atoms with Crippen molar-refractivity contribution in [3.63, 3.8) is 0 Å². The number of hydrogen-bond acceptors (Lipinski definition) is 15. The third kappa shape index (κ3) is 14.5. The summed E-state index contributed by atoms with van der Waals surface area (Å²) in [5, 5.41) is 49.6. The van der Waals surface area contributed by atoms with Crippen LogP contribution in [0.15, 0.2) is 84.9 Å². The normalized spacial score (nSPS) is 16.1. The van der Waals surface area contributed by atoms with Gasteiger partial charge >= 0.3 is 11.9 Å². The summed E-state index contributed by atoms with van der Waals surface area (Å²) in [7, 11) is 2.59. The average Bonchev–Trinajstić information content (AvgIpc) is 3.35. The summed E-state index contributed by atoms with van der Waals surface area (Å²) in [6.07, 6.45) is -7.01. The number of aliphatic hydroxyl groups excluding tert-OH is 2. The van der Waals surface area contributed by atoms with Crippen molar-refractivity contribution in [3.05, 3.63) is 119 Å². The lowest BCUT2D eigenvalue weighted by Crippen LogP contribution is -2.55. The molecule has 11 N–H and O–H groups in total. The maximum Gasteiger partial charge on any atom is 0.325 e. The number of anilines is 4. The molecular formula is C48H52F2N10O14. The van der Waals surface area contributed by atoms with Crippen LogP contribution in [0.1, 0.15) is 38.8 Å². The molecule has 74 heavy (non-hydrogen) atoms. The number of hydrogen-bond donors (Lipinski definition) is 9. The van der Waals surface area contributed by atoms with Gasteiger partial charge in [0.2, 0.25) is 0 Å². The van der Waals surface area contributed by atoms with E-state index in [-0.39, 0.29) is 79.3 Å². The SMILES string of the molecule is CCOC(=O)CN(C)C(=O)c1cc(F)cc(N2CCO[C@H]([C@@H](O)C(=O)Nc3ccc(C(=N)N)cc3)C2=O)c1.CN(CC(=O)O)C(=O)c1cc(F)cc(N2CCO[C@H]([C@@H](O)C(=O)Nc3ccc(C(=N)N)cc3)C2=O)c1. The highest BCUT2D eigenvalue weighted by Gasteiger charge is 2.41. The highest BCUT2D eigenvalue weighted by Crippen LogP contribution is 2.26. The van der Waals surface area contributed by atoms with Crippen molar-refractivity contribution in [3.8, 4) is 0 Å². The number of rotatable bonds is 17. The van der Waals surface area contributed by atoms with Crippen LogP contribution in [0.25, 0.3) is 0 Å². The number of morpholine rings is 2. The highest BCUT2D eigenvalue weighted by molar-refractivity contribution is 6.07. The first-order chi connectivity index (χ1) is 35.0. The number of benzene rings is 4. The second-order valence-corrected chi connectivity index (χ2v) is 16.3. The molecule has 0 bridgehead atoms. The Morgan fingerprint density at radius 2 is 1.05 bits per heavy atom. The number of carbonyl (C=O) groups is 8. The lowest BCUT2D eigenvalue weighted by molar-refractivity contribution is -0.150. The first-order valence-electron chi connectivity index (χ1n) is 22.2. The van der Waals surface area contributed by atoms with E-state index in [1.807, 2.05) is 0 Å². The third-order valence-electron chi connectivity index (χ3n) is 10.9. The summed E-state index contributed by atoms with van der Waals surface area (Å²) in [5.41, 5.74) is 11.9. The molecule has 4 atom stereocenters. The summed E-state index contributed by atoms with van der Waals surface area (Å²) in [4.78, 5) is 103. The van der Waals surface area contributed by atoms with Gasteiger partial charge in [-0.3, -0.25) is 49.2 Å². The van der Waals surface area contributed by atoms with Crippen molar-refractivity contribution in [2.45, 2.75) is 31.3 Å². The van der Waals surface area contributed by atoms with Crippen LogP contribution in [0.2, 0.25) is 0 Å². The van der Waals surface area contributed by atoms with Crippen molar-refractivity contribution in [1.29, 1.82) is 10.8 Å². The van der Waals surface area contributed by atoms with Crippen LogP contribution < -0.4 is 31.9 Å². The molecule has 4 aromatic rings. The molecule has 2 aliphatic rings. The van der Waals surface area contributed by atoms with Crippen molar-refractivity contribution >= 4 is 81.8 Å². The predicted molar refractivity (Wildman–Crippen MR) is 259 cm³/mol. The number of nitrogens with two attached hydrogens (primary N) is 2. The number of esters is 1. The molecule has 0 radical (unpaired) electrons. The fraction of sp³-hybridized carbons (Fsp3) is 0.292. The number of ether oxygens (including phenoxy) is 3. The number of nitrogens with one attached hydrogen (secondary N) is 4. The molecule has 4 aromatic carbocycles. The van der Waals surface area contributed by atoms with E-state index in [2.05, 4.69) is 10.6 Å². The second kappa shape index (κ2) is 25.1. The lowest BCUT2D eigenvalue weighted by Gasteiger charge is -2.34. The number of aliphatic hydroxyl groups is 2. The van der Waals surface area contributed by atoms with E-state index in [0.717, 1.165) is 43.9 Å². The number of amidine groups is 2. The Balaban J connectivity index is 0.000000274. The number of nitrogen functional groups attached to an aromatic ring is 2. The number of aliphatic carboxylic acids is 1. The molecule has 24 nitrogen and oxygen atoms in total. The average molecular weight is 1030 g/mol. The molecule has 0 aliphatic carbocycles. The number of halogens is 2. The molecule has 2 heterocycles. The Morgan fingerprint density at radius 1 is 0.676 bits per heavy atom. The molecule has 0 unspecified atom stereocenters. The fourth-order valence-corrected chi connectivity index (χ4v) is 7.25. The Hall–Kier alpha value is -8.72. The van der Waals surface area contributed by atoms with Crippen molar-refractivity contribution in [2.75, 3.05) is 80.5 Å². The minimum absolute atomic E-state index is 0.0172. The maximum atomic E-state index is 14.5. The maximum absolute atomic E-state index is 14.5. The summed E-state index contributed by atoms with van der Waals surface area (Å²) in [6, 6.07) is 18.3. The van der Waals surface area contributed by atoms with Gasteiger partial charge in [0.05, 0.1) is 19.8 Å². The smallest absolute Gasteiger partial charge is 0.325 e. The number of carbonyl (C=O) groups excluding carboxylic acids is 7. The van der Waals surface area contributed by atoms with Gasteiger partial charge in [0, 0.05) is 72.2 Å². The van der Waals surface area contributed by atoms with E-state index in [1.165, 1.54) is 74.8 Å². The van der Waals surface area contributed by atoms with Crippen molar-refractivity contribution in [2.24, 2.45) is 11.5 Å². The second-order valence-electron chi connectivity index (χ2n) is 16.3. The Morgan fingerprint density at radius 3 is 1.41 bits per heavy atom. The van der Waals surface area contributed by atoms with Gasteiger partial charge in [0.15, 0.2) is 24.4 Å². The Bertz CT molecular complexity index is 2820. The Labute approximate surface area is 420 Å². The summed E-state index contributed by atoms with van der Waals surface area (Å²) in [5.74, 6) is -8.80.